The van der Waals surface area contributed by atoms with Gasteiger partial charge < -0.3 is 19.5 Å². The summed E-state index contributed by atoms with van der Waals surface area (Å²) < 4.78 is 8.06. The third-order valence-electron chi connectivity index (χ3n) is 4.65. The smallest absolute Gasteiger partial charge is 0.209 e. The fourth-order valence-corrected chi connectivity index (χ4v) is 3.71. The summed E-state index contributed by atoms with van der Waals surface area (Å²) in [4.78, 5) is 13.2. The maximum atomic E-state index is 13.2. The minimum absolute atomic E-state index is 0.0973. The van der Waals surface area contributed by atoms with Crippen molar-refractivity contribution in [2.45, 2.75) is 6.54 Å². The average molecular weight is 452 g/mol. The lowest BCUT2D eigenvalue weighted by atomic mass is 10.1. The van der Waals surface area contributed by atoms with Crippen molar-refractivity contribution in [2.24, 2.45) is 0 Å². The molecule has 6 heteroatoms. The van der Waals surface area contributed by atoms with Crippen molar-refractivity contribution in [2.75, 3.05) is 6.61 Å². The molecular formula is C23H18BrNO4. The molecule has 0 bridgehead atoms. The Morgan fingerprint density at radius 1 is 0.966 bits per heavy atom. The molecule has 0 atom stereocenters. The lowest BCUT2D eigenvalue weighted by molar-refractivity contribution is 0.102. The highest BCUT2D eigenvalue weighted by molar-refractivity contribution is 9.10. The number of rotatable bonds is 6. The van der Waals surface area contributed by atoms with Crippen LogP contribution in [0.4, 0.5) is 0 Å². The van der Waals surface area contributed by atoms with Crippen LogP contribution < -0.4 is 4.74 Å². The molecule has 1 aromatic heterocycles. The minimum Gasteiger partial charge on any atom is -0.507 e. The molecule has 2 N–H and O–H groups in total. The Kier molecular flexibility index (Phi) is 5.38. The molecule has 0 saturated carbocycles. The number of carbonyl (C=O) groups is 1. The molecule has 0 unspecified atom stereocenters. The predicted octanol–water partition coefficient (Wildman–Crippen LogP) is 5.13. The van der Waals surface area contributed by atoms with Gasteiger partial charge in [-0.1, -0.05) is 18.2 Å². The third kappa shape index (κ3) is 3.77. The number of phenols is 1. The second-order valence-corrected chi connectivity index (χ2v) is 7.30. The first kappa shape index (κ1) is 19.2. The van der Waals surface area contributed by atoms with E-state index in [0.717, 1.165) is 11.3 Å². The van der Waals surface area contributed by atoms with E-state index >= 15 is 0 Å². The largest absolute Gasteiger partial charge is 0.507 e. The monoisotopic (exact) mass is 451 g/mol. The molecule has 0 spiro atoms. The van der Waals surface area contributed by atoms with E-state index < -0.39 is 0 Å². The van der Waals surface area contributed by atoms with Crippen molar-refractivity contribution < 1.29 is 19.7 Å². The topological polar surface area (TPSA) is 71.7 Å². The third-order valence-corrected chi connectivity index (χ3v) is 5.48. The number of halogens is 1. The lowest BCUT2D eigenvalue weighted by Gasteiger charge is -2.10. The number of hydrogen-bond donors (Lipinski definition) is 2. The zero-order valence-electron chi connectivity index (χ0n) is 15.4. The first-order valence-electron chi connectivity index (χ1n) is 9.07. The Morgan fingerprint density at radius 3 is 2.34 bits per heavy atom. The molecule has 0 saturated heterocycles. The van der Waals surface area contributed by atoms with Crippen LogP contribution in [0.2, 0.25) is 0 Å². The molecule has 0 aliphatic rings. The number of aromatic nitrogens is 1. The van der Waals surface area contributed by atoms with Gasteiger partial charge in [-0.3, -0.25) is 4.79 Å². The van der Waals surface area contributed by atoms with Gasteiger partial charge in [-0.2, -0.15) is 0 Å². The maximum absolute atomic E-state index is 13.2. The Bertz CT molecular complexity index is 1170. The molecule has 4 aromatic rings. The van der Waals surface area contributed by atoms with Crippen LogP contribution in [0.5, 0.6) is 17.2 Å². The molecule has 1 heterocycles. The number of benzene rings is 3. The Hall–Kier alpha value is -3.09. The van der Waals surface area contributed by atoms with Crippen LogP contribution in [0.3, 0.4) is 0 Å². The first-order chi connectivity index (χ1) is 14.1. The van der Waals surface area contributed by atoms with Crippen molar-refractivity contribution >= 4 is 32.6 Å². The summed E-state index contributed by atoms with van der Waals surface area (Å²) in [5, 5.41) is 20.1. The summed E-state index contributed by atoms with van der Waals surface area (Å²) in [7, 11) is 0. The normalized spacial score (nSPS) is 11.0. The second kappa shape index (κ2) is 8.11. The van der Waals surface area contributed by atoms with E-state index in [0.29, 0.717) is 26.9 Å². The van der Waals surface area contributed by atoms with E-state index in [9.17, 15) is 15.0 Å². The standard InChI is InChI=1S/C23H18BrNO4/c24-22-18-14-20(25(12-13-26)19(18)10-11-21(22)27)23(28)15-6-8-17(9-7-15)29-16-4-2-1-3-5-16/h1-11,14,26-27H,12-13H2. The molecule has 0 aliphatic carbocycles. The number of aromatic hydroxyl groups is 1. The summed E-state index contributed by atoms with van der Waals surface area (Å²) in [6.45, 7) is 0.170. The van der Waals surface area contributed by atoms with E-state index in [1.807, 2.05) is 30.3 Å². The molecule has 5 nitrogen and oxygen atoms in total. The van der Waals surface area contributed by atoms with Gasteiger partial charge in [0, 0.05) is 17.5 Å². The summed E-state index contributed by atoms with van der Waals surface area (Å²) in [6.07, 6.45) is 0. The van der Waals surface area contributed by atoms with Crippen LogP contribution >= 0.6 is 15.9 Å². The lowest BCUT2D eigenvalue weighted by Crippen LogP contribution is -2.12. The van der Waals surface area contributed by atoms with Gasteiger partial charge in [0.1, 0.15) is 17.2 Å². The number of fused-ring (bicyclic) bond motifs is 1. The van der Waals surface area contributed by atoms with Gasteiger partial charge in [0.15, 0.2) is 0 Å². The molecular weight excluding hydrogens is 434 g/mol. The number of hydrogen-bond acceptors (Lipinski definition) is 4. The van der Waals surface area contributed by atoms with E-state index in [1.165, 1.54) is 0 Å². The number of ether oxygens (including phenoxy) is 1. The molecule has 146 valence electrons. The number of para-hydroxylation sites is 1. The summed E-state index contributed by atoms with van der Waals surface area (Å²) in [5.41, 5.74) is 1.71. The fraction of sp³-hybridized carbons (Fsp3) is 0.0870. The zero-order valence-corrected chi connectivity index (χ0v) is 17.0. The Balaban J connectivity index is 1.68. The van der Waals surface area contributed by atoms with Crippen molar-refractivity contribution in [3.63, 3.8) is 0 Å². The number of phenolic OH excluding ortho intramolecular Hbond substituents is 1. The van der Waals surface area contributed by atoms with E-state index in [1.54, 1.807) is 47.0 Å². The summed E-state index contributed by atoms with van der Waals surface area (Å²) in [5.74, 6) is 1.28. The van der Waals surface area contributed by atoms with Crippen molar-refractivity contribution in [3.05, 3.63) is 88.5 Å². The predicted molar refractivity (Wildman–Crippen MR) is 115 cm³/mol. The van der Waals surface area contributed by atoms with Crippen LogP contribution in [0.1, 0.15) is 16.1 Å². The van der Waals surface area contributed by atoms with Gasteiger partial charge in [-0.15, -0.1) is 0 Å². The van der Waals surface area contributed by atoms with Gasteiger partial charge in [0.2, 0.25) is 5.78 Å². The average Bonchev–Trinajstić information content (AvgIpc) is 3.11. The molecule has 0 radical (unpaired) electrons. The van der Waals surface area contributed by atoms with Crippen LogP contribution in [0.15, 0.2) is 77.3 Å². The van der Waals surface area contributed by atoms with Gasteiger partial charge in [-0.25, -0.2) is 0 Å². The van der Waals surface area contributed by atoms with Gasteiger partial charge >= 0.3 is 0 Å². The van der Waals surface area contributed by atoms with Crippen LogP contribution in [-0.4, -0.2) is 27.2 Å². The summed E-state index contributed by atoms with van der Waals surface area (Å²) in [6, 6.07) is 21.4. The Labute approximate surface area is 175 Å². The first-order valence-corrected chi connectivity index (χ1v) is 9.87. The number of carbonyl (C=O) groups excluding carboxylic acids is 1. The van der Waals surface area contributed by atoms with Crippen LogP contribution in [0.25, 0.3) is 10.9 Å². The number of aliphatic hydroxyl groups excluding tert-OH is 1. The minimum atomic E-state index is -0.174. The molecule has 0 aliphatic heterocycles. The van der Waals surface area contributed by atoms with Crippen LogP contribution in [0, 0.1) is 0 Å². The quantitative estimate of drug-likeness (QED) is 0.398. The Morgan fingerprint density at radius 2 is 1.66 bits per heavy atom. The second-order valence-electron chi connectivity index (χ2n) is 6.50. The van der Waals surface area contributed by atoms with Gasteiger partial charge in [0.25, 0.3) is 0 Å². The number of ketones is 1. The van der Waals surface area contributed by atoms with E-state index in [2.05, 4.69) is 15.9 Å². The van der Waals surface area contributed by atoms with E-state index in [4.69, 9.17) is 4.74 Å². The highest BCUT2D eigenvalue weighted by atomic mass is 79.9. The SMILES string of the molecule is O=C(c1ccc(Oc2ccccc2)cc1)c1cc2c(Br)c(O)ccc2n1CCO. The molecule has 0 amide bonds. The molecule has 0 fully saturated rings. The zero-order chi connectivity index (χ0) is 20.4. The fourth-order valence-electron chi connectivity index (χ4n) is 3.26. The number of nitrogens with zero attached hydrogens (tertiary/aromatic N) is 1. The van der Waals surface area contributed by atoms with Crippen molar-refractivity contribution in [1.29, 1.82) is 0 Å². The molecule has 3 aromatic carbocycles. The van der Waals surface area contributed by atoms with Crippen molar-refractivity contribution in [1.82, 2.24) is 4.57 Å². The van der Waals surface area contributed by atoms with Gasteiger partial charge in [-0.05, 0) is 70.5 Å². The highest BCUT2D eigenvalue weighted by Crippen LogP contribution is 2.35. The highest BCUT2D eigenvalue weighted by Gasteiger charge is 2.19. The van der Waals surface area contributed by atoms with Crippen LogP contribution in [-0.2, 0) is 6.54 Å². The summed E-state index contributed by atoms with van der Waals surface area (Å²) >= 11 is 3.37. The van der Waals surface area contributed by atoms with Gasteiger partial charge in [0.05, 0.1) is 22.3 Å². The molecule has 4 rings (SSSR count). The molecule has 29 heavy (non-hydrogen) atoms. The maximum Gasteiger partial charge on any atom is 0.209 e. The number of aliphatic hydroxyl groups is 1. The van der Waals surface area contributed by atoms with E-state index in [-0.39, 0.29) is 24.7 Å². The van der Waals surface area contributed by atoms with Crippen molar-refractivity contribution in [3.8, 4) is 17.2 Å².